The van der Waals surface area contributed by atoms with Crippen LogP contribution < -0.4 is 5.56 Å². The largest absolute Gasteiger partial charge is 0.340 e. The Morgan fingerprint density at radius 2 is 1.94 bits per heavy atom. The maximum Gasteiger partial charge on any atom is 0.262 e. The van der Waals surface area contributed by atoms with Gasteiger partial charge in [-0.25, -0.2) is 4.98 Å². The van der Waals surface area contributed by atoms with Crippen LogP contribution in [0, 0.1) is 0 Å². The van der Waals surface area contributed by atoms with Crippen LogP contribution in [0.2, 0.25) is 4.34 Å². The Balaban J connectivity index is 1.74. The molecule has 0 aliphatic carbocycles. The van der Waals surface area contributed by atoms with Crippen LogP contribution in [-0.2, 0) is 17.9 Å². The zero-order valence-electron chi connectivity index (χ0n) is 18.7. The van der Waals surface area contributed by atoms with E-state index in [2.05, 4.69) is 18.7 Å². The summed E-state index contributed by atoms with van der Waals surface area (Å²) in [6.45, 7) is 8.26. The number of thioether (sulfide) groups is 1. The summed E-state index contributed by atoms with van der Waals surface area (Å²) in [6, 6.07) is 11.2. The fourth-order valence-electron chi connectivity index (χ4n) is 3.44. The van der Waals surface area contributed by atoms with E-state index < -0.39 is 0 Å². The molecular formula is C23H29ClN4O2S2. The molecule has 3 aromatic rings. The zero-order valence-corrected chi connectivity index (χ0v) is 21.1. The molecule has 1 amide bonds. The van der Waals surface area contributed by atoms with E-state index in [1.165, 1.54) is 23.1 Å². The van der Waals surface area contributed by atoms with Gasteiger partial charge in [-0.15, -0.1) is 11.3 Å². The molecule has 0 saturated carbocycles. The molecule has 0 aliphatic heterocycles. The predicted molar refractivity (Wildman–Crippen MR) is 135 cm³/mol. The van der Waals surface area contributed by atoms with Crippen molar-refractivity contribution >= 4 is 51.5 Å². The Kier molecular flexibility index (Phi) is 9.16. The zero-order chi connectivity index (χ0) is 23.1. The molecule has 0 aliphatic rings. The summed E-state index contributed by atoms with van der Waals surface area (Å²) < 4.78 is 2.44. The molecule has 0 unspecified atom stereocenters. The molecule has 172 valence electrons. The van der Waals surface area contributed by atoms with Crippen LogP contribution in [0.25, 0.3) is 10.9 Å². The van der Waals surface area contributed by atoms with Crippen molar-refractivity contribution in [2.45, 2.75) is 38.5 Å². The number of aromatic nitrogens is 2. The third-order valence-corrected chi connectivity index (χ3v) is 7.53. The molecule has 0 fully saturated rings. The minimum atomic E-state index is -0.0494. The summed E-state index contributed by atoms with van der Waals surface area (Å²) >= 11 is 8.79. The topological polar surface area (TPSA) is 58.4 Å². The first-order chi connectivity index (χ1) is 15.4. The van der Waals surface area contributed by atoms with E-state index in [-0.39, 0.29) is 17.2 Å². The van der Waals surface area contributed by atoms with Crippen molar-refractivity contribution < 1.29 is 4.79 Å². The van der Waals surface area contributed by atoms with Crippen molar-refractivity contribution in [3.63, 3.8) is 0 Å². The highest BCUT2D eigenvalue weighted by Gasteiger charge is 2.16. The van der Waals surface area contributed by atoms with Gasteiger partial charge in [-0.05, 0) is 50.3 Å². The number of amides is 1. The fourth-order valence-corrected chi connectivity index (χ4v) is 5.55. The van der Waals surface area contributed by atoms with Crippen LogP contribution in [0.15, 0.2) is 46.3 Å². The Labute approximate surface area is 202 Å². The highest BCUT2D eigenvalue weighted by Crippen LogP contribution is 2.23. The van der Waals surface area contributed by atoms with Crippen LogP contribution >= 0.6 is 34.7 Å². The highest BCUT2D eigenvalue weighted by molar-refractivity contribution is 7.99. The molecule has 2 aromatic heterocycles. The molecule has 6 nitrogen and oxygen atoms in total. The molecule has 9 heteroatoms. The number of carbonyl (C=O) groups is 1. The van der Waals surface area contributed by atoms with Crippen LogP contribution in [-0.4, -0.2) is 57.7 Å². The maximum absolute atomic E-state index is 13.2. The monoisotopic (exact) mass is 492 g/mol. The third kappa shape index (κ3) is 6.34. The first-order valence-electron chi connectivity index (χ1n) is 10.8. The lowest BCUT2D eigenvalue weighted by Crippen LogP contribution is -2.29. The van der Waals surface area contributed by atoms with Crippen LogP contribution in [0.5, 0.6) is 0 Å². The van der Waals surface area contributed by atoms with Gasteiger partial charge in [0.15, 0.2) is 5.16 Å². The Morgan fingerprint density at radius 3 is 2.62 bits per heavy atom. The number of hydrogen-bond donors (Lipinski definition) is 0. The van der Waals surface area contributed by atoms with Crippen molar-refractivity contribution in [3.8, 4) is 0 Å². The first-order valence-corrected chi connectivity index (χ1v) is 12.9. The molecule has 32 heavy (non-hydrogen) atoms. The van der Waals surface area contributed by atoms with E-state index in [4.69, 9.17) is 16.6 Å². The molecule has 0 N–H and O–H groups in total. The van der Waals surface area contributed by atoms with Gasteiger partial charge in [0.25, 0.3) is 5.56 Å². The molecule has 3 rings (SSSR count). The molecule has 0 bridgehead atoms. The van der Waals surface area contributed by atoms with Gasteiger partial charge in [0, 0.05) is 18.5 Å². The lowest BCUT2D eigenvalue weighted by atomic mass is 10.2. The van der Waals surface area contributed by atoms with Crippen LogP contribution in [0.4, 0.5) is 0 Å². The number of fused-ring (bicyclic) bond motifs is 1. The molecule has 0 saturated heterocycles. The van der Waals surface area contributed by atoms with Gasteiger partial charge in [-0.2, -0.15) is 0 Å². The average Bonchev–Trinajstić information content (AvgIpc) is 3.20. The standard InChI is InChI=1S/C23H29ClN4O2S2/c1-4-27(5-2)13-8-14-28-22(30)18-9-6-7-10-19(18)25-23(28)31-16-21(29)26(3)15-17-11-12-20(24)32-17/h6-7,9-12H,4-5,8,13-16H2,1-3H3. The van der Waals surface area contributed by atoms with E-state index in [0.717, 1.165) is 30.9 Å². The molecule has 0 radical (unpaired) electrons. The van der Waals surface area contributed by atoms with Crippen molar-refractivity contribution in [2.75, 3.05) is 32.4 Å². The Morgan fingerprint density at radius 1 is 1.19 bits per heavy atom. The number of carbonyl (C=O) groups excluding carboxylic acids is 1. The van der Waals surface area contributed by atoms with Gasteiger partial charge >= 0.3 is 0 Å². The SMILES string of the molecule is CCN(CC)CCCn1c(SCC(=O)N(C)Cc2ccc(Cl)s2)nc2ccccc2c1=O. The van der Waals surface area contributed by atoms with Crippen molar-refractivity contribution in [1.82, 2.24) is 19.4 Å². The summed E-state index contributed by atoms with van der Waals surface area (Å²) in [5.41, 5.74) is 0.612. The van der Waals surface area contributed by atoms with E-state index >= 15 is 0 Å². The third-order valence-electron chi connectivity index (χ3n) is 5.35. The van der Waals surface area contributed by atoms with Crippen molar-refractivity contribution in [2.24, 2.45) is 0 Å². The summed E-state index contributed by atoms with van der Waals surface area (Å²) in [5.74, 6) is 0.202. The van der Waals surface area contributed by atoms with E-state index in [0.29, 0.717) is 33.5 Å². The lowest BCUT2D eigenvalue weighted by Gasteiger charge is -2.19. The predicted octanol–water partition coefficient (Wildman–Crippen LogP) is 4.59. The van der Waals surface area contributed by atoms with Gasteiger partial charge in [-0.1, -0.05) is 49.3 Å². The summed E-state index contributed by atoms with van der Waals surface area (Å²) in [6.07, 6.45) is 0.849. The average molecular weight is 493 g/mol. The number of benzene rings is 1. The lowest BCUT2D eigenvalue weighted by molar-refractivity contribution is -0.127. The number of hydrogen-bond acceptors (Lipinski definition) is 6. The number of nitrogens with zero attached hydrogens (tertiary/aromatic N) is 4. The smallest absolute Gasteiger partial charge is 0.262 e. The first kappa shape index (κ1) is 24.8. The number of halogens is 1. The van der Waals surface area contributed by atoms with Gasteiger partial charge in [0.2, 0.25) is 5.91 Å². The summed E-state index contributed by atoms with van der Waals surface area (Å²) in [4.78, 5) is 35.7. The van der Waals surface area contributed by atoms with Crippen LogP contribution in [0.1, 0.15) is 25.1 Å². The highest BCUT2D eigenvalue weighted by atomic mass is 35.5. The maximum atomic E-state index is 13.2. The number of rotatable bonds is 11. The second kappa shape index (κ2) is 11.8. The van der Waals surface area contributed by atoms with E-state index in [9.17, 15) is 9.59 Å². The van der Waals surface area contributed by atoms with Gasteiger partial charge in [0.05, 0.1) is 27.5 Å². The second-order valence-corrected chi connectivity index (χ2v) is 10.2. The Bertz CT molecular complexity index is 1110. The molecular weight excluding hydrogens is 464 g/mol. The summed E-state index contributed by atoms with van der Waals surface area (Å²) in [7, 11) is 1.78. The quantitative estimate of drug-likeness (QED) is 0.289. The fraction of sp³-hybridized carbons (Fsp3) is 0.435. The van der Waals surface area contributed by atoms with Crippen molar-refractivity contribution in [3.05, 3.63) is 56.0 Å². The van der Waals surface area contributed by atoms with Gasteiger partial charge in [-0.3, -0.25) is 14.2 Å². The van der Waals surface area contributed by atoms with Crippen molar-refractivity contribution in [1.29, 1.82) is 0 Å². The molecule has 2 heterocycles. The molecule has 0 spiro atoms. The molecule has 0 atom stereocenters. The van der Waals surface area contributed by atoms with E-state index in [1.807, 2.05) is 36.4 Å². The van der Waals surface area contributed by atoms with E-state index in [1.54, 1.807) is 16.5 Å². The van der Waals surface area contributed by atoms with Gasteiger partial charge in [0.1, 0.15) is 0 Å². The Hall–Kier alpha value is -1.87. The minimum Gasteiger partial charge on any atom is -0.340 e. The second-order valence-electron chi connectivity index (χ2n) is 7.49. The van der Waals surface area contributed by atoms with Gasteiger partial charge < -0.3 is 9.80 Å². The summed E-state index contributed by atoms with van der Waals surface area (Å²) in [5, 5.41) is 1.20. The minimum absolute atomic E-state index is 0.0170. The van der Waals surface area contributed by atoms with Crippen LogP contribution in [0.3, 0.4) is 0 Å². The number of para-hydroxylation sites is 1. The number of thiophene rings is 1. The molecule has 1 aromatic carbocycles. The normalized spacial score (nSPS) is 11.4.